The predicted octanol–water partition coefficient (Wildman–Crippen LogP) is 0.509. The summed E-state index contributed by atoms with van der Waals surface area (Å²) < 4.78 is 5.06. The van der Waals surface area contributed by atoms with E-state index in [2.05, 4.69) is 10.3 Å². The van der Waals surface area contributed by atoms with Gasteiger partial charge in [0.25, 0.3) is 0 Å². The molecule has 6 nitrogen and oxygen atoms in total. The fourth-order valence-corrected chi connectivity index (χ4v) is 1.30. The first-order chi connectivity index (χ1) is 8.15. The van der Waals surface area contributed by atoms with Crippen LogP contribution < -0.4 is 5.32 Å². The number of rotatable bonds is 7. The molecule has 0 spiro atoms. The summed E-state index contributed by atoms with van der Waals surface area (Å²) in [5.41, 5.74) is 1.41. The lowest BCUT2D eigenvalue weighted by Gasteiger charge is -2.10. The third-order valence-corrected chi connectivity index (χ3v) is 2.07. The van der Waals surface area contributed by atoms with Crippen molar-refractivity contribution in [2.45, 2.75) is 6.92 Å². The highest BCUT2D eigenvalue weighted by molar-refractivity contribution is 5.93. The fourth-order valence-electron chi connectivity index (χ4n) is 1.30. The molecule has 0 aliphatic rings. The van der Waals surface area contributed by atoms with E-state index in [1.54, 1.807) is 13.0 Å². The highest BCUT2D eigenvalue weighted by atomic mass is 16.5. The average molecular weight is 240 g/mol. The Kier molecular flexibility index (Phi) is 5.38. The molecule has 94 valence electrons. The van der Waals surface area contributed by atoms with Crippen molar-refractivity contribution < 1.29 is 19.7 Å². The van der Waals surface area contributed by atoms with Gasteiger partial charge < -0.3 is 20.3 Å². The van der Waals surface area contributed by atoms with Crippen molar-refractivity contribution in [3.8, 4) is 0 Å². The number of carboxylic acid groups (broad SMARTS) is 1. The highest BCUT2D eigenvalue weighted by Gasteiger charge is 2.10. The fraction of sp³-hybridized carbons (Fsp3) is 0.455. The van der Waals surface area contributed by atoms with Crippen molar-refractivity contribution in [2.24, 2.45) is 0 Å². The lowest BCUT2D eigenvalue weighted by molar-refractivity contribution is 0.0697. The summed E-state index contributed by atoms with van der Waals surface area (Å²) in [4.78, 5) is 14.9. The zero-order chi connectivity index (χ0) is 12.7. The molecule has 0 aliphatic heterocycles. The average Bonchev–Trinajstić information content (AvgIpc) is 2.28. The van der Waals surface area contributed by atoms with Crippen LogP contribution in [-0.4, -0.2) is 47.5 Å². The molecule has 0 unspecified atom stereocenters. The smallest absolute Gasteiger partial charge is 0.339 e. The van der Waals surface area contributed by atoms with Crippen LogP contribution >= 0.6 is 0 Å². The van der Waals surface area contributed by atoms with Gasteiger partial charge in [-0.15, -0.1) is 0 Å². The molecule has 17 heavy (non-hydrogen) atoms. The van der Waals surface area contributed by atoms with Gasteiger partial charge in [-0.05, 0) is 13.0 Å². The number of pyridine rings is 1. The maximum atomic E-state index is 10.9. The molecule has 1 heterocycles. The Morgan fingerprint density at radius 2 is 2.29 bits per heavy atom. The van der Waals surface area contributed by atoms with Gasteiger partial charge in [0.05, 0.1) is 25.5 Å². The minimum absolute atomic E-state index is 0.0191. The summed E-state index contributed by atoms with van der Waals surface area (Å²) >= 11 is 0. The summed E-state index contributed by atoms with van der Waals surface area (Å²) in [7, 11) is 0. The van der Waals surface area contributed by atoms with Gasteiger partial charge >= 0.3 is 5.97 Å². The first-order valence-corrected chi connectivity index (χ1v) is 5.27. The van der Waals surface area contributed by atoms with Crippen molar-refractivity contribution in [1.29, 1.82) is 0 Å². The Labute approximate surface area is 99.3 Å². The van der Waals surface area contributed by atoms with Gasteiger partial charge in [-0.2, -0.15) is 0 Å². The summed E-state index contributed by atoms with van der Waals surface area (Å²) in [5.74, 6) is -1.02. The minimum Gasteiger partial charge on any atom is -0.478 e. The van der Waals surface area contributed by atoms with Crippen molar-refractivity contribution >= 4 is 11.7 Å². The molecule has 0 atom stereocenters. The number of aryl methyl sites for hydroxylation is 1. The number of aliphatic hydroxyl groups excluding tert-OH is 1. The van der Waals surface area contributed by atoms with E-state index in [0.717, 1.165) is 5.69 Å². The molecular weight excluding hydrogens is 224 g/mol. The molecule has 0 bridgehead atoms. The maximum Gasteiger partial charge on any atom is 0.339 e. The minimum atomic E-state index is -1.02. The summed E-state index contributed by atoms with van der Waals surface area (Å²) in [5, 5.41) is 20.4. The van der Waals surface area contributed by atoms with Crippen LogP contribution in [0, 0.1) is 6.92 Å². The number of aliphatic hydroxyl groups is 1. The van der Waals surface area contributed by atoms with Crippen LogP contribution in [0.15, 0.2) is 12.3 Å². The quantitative estimate of drug-likeness (QED) is 0.601. The second-order valence-electron chi connectivity index (χ2n) is 3.44. The molecular formula is C11H16N2O4. The Morgan fingerprint density at radius 3 is 2.94 bits per heavy atom. The summed E-state index contributed by atoms with van der Waals surface area (Å²) in [6, 6.07) is 1.68. The first-order valence-electron chi connectivity index (χ1n) is 5.27. The number of nitrogens with zero attached hydrogens (tertiary/aromatic N) is 1. The van der Waals surface area contributed by atoms with Crippen molar-refractivity contribution in [3.05, 3.63) is 23.5 Å². The van der Waals surface area contributed by atoms with E-state index in [0.29, 0.717) is 18.8 Å². The second kappa shape index (κ2) is 6.82. The van der Waals surface area contributed by atoms with Gasteiger partial charge in [-0.25, -0.2) is 4.79 Å². The van der Waals surface area contributed by atoms with E-state index in [1.165, 1.54) is 6.20 Å². The number of carbonyl (C=O) groups is 1. The van der Waals surface area contributed by atoms with E-state index < -0.39 is 5.97 Å². The molecule has 0 radical (unpaired) electrons. The van der Waals surface area contributed by atoms with Gasteiger partial charge in [-0.1, -0.05) is 0 Å². The van der Waals surface area contributed by atoms with Gasteiger partial charge in [0.2, 0.25) is 0 Å². The lowest BCUT2D eigenvalue weighted by atomic mass is 10.2. The number of aromatic nitrogens is 1. The van der Waals surface area contributed by atoms with Crippen LogP contribution in [-0.2, 0) is 4.74 Å². The van der Waals surface area contributed by atoms with Crippen LogP contribution in [0.2, 0.25) is 0 Å². The molecule has 0 aliphatic carbocycles. The number of nitrogens with one attached hydrogen (secondary N) is 1. The molecule has 0 amide bonds. The zero-order valence-corrected chi connectivity index (χ0v) is 9.64. The predicted molar refractivity (Wildman–Crippen MR) is 62.3 cm³/mol. The Balaban J connectivity index is 2.56. The Hall–Kier alpha value is -1.66. The van der Waals surface area contributed by atoms with Crippen LogP contribution in [0.4, 0.5) is 5.69 Å². The number of aromatic carboxylic acids is 1. The van der Waals surface area contributed by atoms with Crippen LogP contribution in [0.1, 0.15) is 16.1 Å². The molecule has 1 aromatic rings. The number of hydrogen-bond acceptors (Lipinski definition) is 5. The summed E-state index contributed by atoms with van der Waals surface area (Å²) in [6.07, 6.45) is 1.33. The summed E-state index contributed by atoms with van der Waals surface area (Å²) in [6.45, 7) is 2.93. The molecule has 1 aromatic heterocycles. The lowest BCUT2D eigenvalue weighted by Crippen LogP contribution is -2.14. The third kappa shape index (κ3) is 4.38. The van der Waals surface area contributed by atoms with Gasteiger partial charge in [0.1, 0.15) is 5.56 Å². The molecule has 0 fully saturated rings. The second-order valence-corrected chi connectivity index (χ2v) is 3.44. The molecule has 3 N–H and O–H groups in total. The number of carboxylic acids is 1. The van der Waals surface area contributed by atoms with Crippen LogP contribution in [0.5, 0.6) is 0 Å². The van der Waals surface area contributed by atoms with E-state index in [-0.39, 0.29) is 18.8 Å². The largest absolute Gasteiger partial charge is 0.478 e. The topological polar surface area (TPSA) is 91.7 Å². The van der Waals surface area contributed by atoms with E-state index >= 15 is 0 Å². The van der Waals surface area contributed by atoms with Gasteiger partial charge in [0, 0.05) is 18.4 Å². The van der Waals surface area contributed by atoms with Crippen molar-refractivity contribution in [2.75, 3.05) is 31.7 Å². The van der Waals surface area contributed by atoms with Gasteiger partial charge in [-0.3, -0.25) is 4.98 Å². The highest BCUT2D eigenvalue weighted by Crippen LogP contribution is 2.15. The molecule has 0 aromatic carbocycles. The third-order valence-electron chi connectivity index (χ3n) is 2.07. The van der Waals surface area contributed by atoms with Crippen molar-refractivity contribution in [1.82, 2.24) is 4.98 Å². The van der Waals surface area contributed by atoms with Crippen LogP contribution in [0.25, 0.3) is 0 Å². The van der Waals surface area contributed by atoms with Gasteiger partial charge in [0.15, 0.2) is 0 Å². The molecule has 0 saturated heterocycles. The first kappa shape index (κ1) is 13.4. The SMILES string of the molecule is Cc1cc(NCCOCCO)c(C(=O)O)cn1. The number of hydrogen-bond donors (Lipinski definition) is 3. The van der Waals surface area contributed by atoms with Crippen LogP contribution in [0.3, 0.4) is 0 Å². The van der Waals surface area contributed by atoms with Crippen molar-refractivity contribution in [3.63, 3.8) is 0 Å². The number of anilines is 1. The van der Waals surface area contributed by atoms with E-state index in [9.17, 15) is 4.79 Å². The molecule has 6 heteroatoms. The zero-order valence-electron chi connectivity index (χ0n) is 9.64. The van der Waals surface area contributed by atoms with E-state index in [1.807, 2.05) is 0 Å². The monoisotopic (exact) mass is 240 g/mol. The Morgan fingerprint density at radius 1 is 1.53 bits per heavy atom. The Bertz CT molecular complexity index is 382. The maximum absolute atomic E-state index is 10.9. The molecule has 0 saturated carbocycles. The molecule has 1 rings (SSSR count). The number of ether oxygens (including phenoxy) is 1. The normalized spacial score (nSPS) is 10.2. The standard InChI is InChI=1S/C11H16N2O4/c1-8-6-10(9(7-13-8)11(15)16)12-2-4-17-5-3-14/h6-7,14H,2-5H2,1H3,(H,12,13)(H,15,16). The van der Waals surface area contributed by atoms with E-state index in [4.69, 9.17) is 14.9 Å².